The van der Waals surface area contributed by atoms with Crippen LogP contribution in [0.25, 0.3) is 22.0 Å². The Kier molecular flexibility index (Phi) is 5.71. The van der Waals surface area contributed by atoms with Crippen molar-refractivity contribution in [3.05, 3.63) is 104 Å². The Labute approximate surface area is 194 Å². The van der Waals surface area contributed by atoms with Crippen LogP contribution < -0.4 is 16.7 Å². The topological polar surface area (TPSA) is 101 Å². The molecule has 3 aromatic carbocycles. The number of fused-ring (bicyclic) bond motifs is 4. The quantitative estimate of drug-likeness (QED) is 0.363. The van der Waals surface area contributed by atoms with Crippen molar-refractivity contribution in [2.75, 3.05) is 13.2 Å². The van der Waals surface area contributed by atoms with Crippen LogP contribution in [-0.2, 0) is 4.74 Å². The number of amides is 1. The number of carbonyl (C=O) groups is 1. The fourth-order valence-corrected chi connectivity index (χ4v) is 4.29. The molecule has 0 spiro atoms. The van der Waals surface area contributed by atoms with Crippen molar-refractivity contribution in [2.24, 2.45) is 0 Å². The van der Waals surface area contributed by atoms with Gasteiger partial charge in [-0.3, -0.25) is 4.98 Å². The Morgan fingerprint density at radius 2 is 1.68 bits per heavy atom. The Balaban J connectivity index is 1.18. The lowest BCUT2D eigenvalue weighted by Gasteiger charge is -2.14. The van der Waals surface area contributed by atoms with Gasteiger partial charge in [0.15, 0.2) is 0 Å². The van der Waals surface area contributed by atoms with E-state index in [9.17, 15) is 14.4 Å². The first-order valence-electron chi connectivity index (χ1n) is 10.9. The number of aromatic amines is 1. The van der Waals surface area contributed by atoms with E-state index in [1.54, 1.807) is 18.2 Å². The number of hydrogen-bond donors (Lipinski definition) is 2. The summed E-state index contributed by atoms with van der Waals surface area (Å²) in [7, 11) is 0. The van der Waals surface area contributed by atoms with Crippen molar-refractivity contribution in [1.29, 1.82) is 0 Å². The molecule has 0 saturated carbocycles. The molecule has 1 aliphatic rings. The molecule has 1 amide bonds. The summed E-state index contributed by atoms with van der Waals surface area (Å²) in [5.74, 6) is 5.01. The first-order chi connectivity index (χ1) is 16.6. The van der Waals surface area contributed by atoms with Crippen LogP contribution in [0.15, 0.2) is 80.7 Å². The first kappa shape index (κ1) is 21.3. The third-order valence-corrected chi connectivity index (χ3v) is 5.78. The van der Waals surface area contributed by atoms with E-state index in [1.807, 2.05) is 24.3 Å². The highest BCUT2D eigenvalue weighted by molar-refractivity contribution is 5.83. The summed E-state index contributed by atoms with van der Waals surface area (Å²) in [6.07, 6.45) is -0.151. The van der Waals surface area contributed by atoms with Gasteiger partial charge in [0.25, 0.3) is 0 Å². The van der Waals surface area contributed by atoms with Crippen molar-refractivity contribution in [3.63, 3.8) is 0 Å². The maximum atomic E-state index is 12.2. The lowest BCUT2D eigenvalue weighted by molar-refractivity contribution is 0.143. The van der Waals surface area contributed by atoms with Crippen LogP contribution in [0.4, 0.5) is 4.79 Å². The molecule has 0 bridgehead atoms. The summed E-state index contributed by atoms with van der Waals surface area (Å²) < 4.78 is 10.1. The molecule has 4 aromatic rings. The van der Waals surface area contributed by atoms with Gasteiger partial charge in [-0.2, -0.15) is 0 Å². The van der Waals surface area contributed by atoms with Crippen LogP contribution in [0, 0.1) is 11.8 Å². The monoisotopic (exact) mass is 452 g/mol. The van der Waals surface area contributed by atoms with E-state index in [0.717, 1.165) is 11.1 Å². The SMILES string of the molecule is O=C(NCCC#Cc1cccc2[nH]c(=O)oc(=O)c12)OCC1c2ccccc2-c2ccccc21. The average molecular weight is 452 g/mol. The van der Waals surface area contributed by atoms with Gasteiger partial charge < -0.3 is 14.5 Å². The average Bonchev–Trinajstić information content (AvgIpc) is 3.16. The number of rotatable bonds is 4. The van der Waals surface area contributed by atoms with Crippen LogP contribution in [0.3, 0.4) is 0 Å². The molecule has 0 fully saturated rings. The summed E-state index contributed by atoms with van der Waals surface area (Å²) in [5.41, 5.74) is 4.74. The summed E-state index contributed by atoms with van der Waals surface area (Å²) in [6.45, 7) is 0.537. The van der Waals surface area contributed by atoms with Crippen molar-refractivity contribution in [1.82, 2.24) is 10.3 Å². The molecule has 0 saturated heterocycles. The van der Waals surface area contributed by atoms with E-state index in [4.69, 9.17) is 4.74 Å². The number of hydrogen-bond acceptors (Lipinski definition) is 5. The zero-order chi connectivity index (χ0) is 23.5. The van der Waals surface area contributed by atoms with E-state index < -0.39 is 17.5 Å². The molecule has 1 heterocycles. The lowest BCUT2D eigenvalue weighted by atomic mass is 9.98. The fourth-order valence-electron chi connectivity index (χ4n) is 4.29. The number of nitrogens with one attached hydrogen (secondary N) is 2. The number of carbonyl (C=O) groups excluding carboxylic acids is 1. The summed E-state index contributed by atoms with van der Waals surface area (Å²) >= 11 is 0. The minimum absolute atomic E-state index is 0.00226. The van der Waals surface area contributed by atoms with Crippen molar-refractivity contribution < 1.29 is 13.9 Å². The lowest BCUT2D eigenvalue weighted by Crippen LogP contribution is -2.26. The molecule has 5 rings (SSSR count). The highest BCUT2D eigenvalue weighted by Crippen LogP contribution is 2.44. The van der Waals surface area contributed by atoms with Gasteiger partial charge >= 0.3 is 17.5 Å². The fraction of sp³-hybridized carbons (Fsp3) is 0.148. The van der Waals surface area contributed by atoms with E-state index in [-0.39, 0.29) is 17.9 Å². The predicted octanol–water partition coefficient (Wildman–Crippen LogP) is 3.76. The zero-order valence-electron chi connectivity index (χ0n) is 18.1. The Hall–Kier alpha value is -4.57. The van der Waals surface area contributed by atoms with E-state index >= 15 is 0 Å². The Bertz CT molecular complexity index is 1530. The molecule has 0 unspecified atom stereocenters. The van der Waals surface area contributed by atoms with Gasteiger partial charge in [0.2, 0.25) is 0 Å². The second-order valence-electron chi connectivity index (χ2n) is 7.83. The zero-order valence-corrected chi connectivity index (χ0v) is 18.1. The van der Waals surface area contributed by atoms with Crippen LogP contribution >= 0.6 is 0 Å². The molecule has 7 nitrogen and oxygen atoms in total. The van der Waals surface area contributed by atoms with Gasteiger partial charge in [-0.1, -0.05) is 66.4 Å². The molecule has 0 aliphatic heterocycles. The Morgan fingerprint density at radius 3 is 2.41 bits per heavy atom. The number of alkyl carbamates (subject to hydrolysis) is 1. The van der Waals surface area contributed by atoms with Gasteiger partial charge in [-0.15, -0.1) is 0 Å². The molecule has 1 aromatic heterocycles. The van der Waals surface area contributed by atoms with Gasteiger partial charge in [0.05, 0.1) is 10.9 Å². The number of benzene rings is 3. The molecular weight excluding hydrogens is 432 g/mol. The van der Waals surface area contributed by atoms with E-state index in [0.29, 0.717) is 24.0 Å². The normalized spacial score (nSPS) is 11.9. The smallest absolute Gasteiger partial charge is 0.419 e. The maximum Gasteiger partial charge on any atom is 0.419 e. The molecular formula is C27H20N2O5. The van der Waals surface area contributed by atoms with Gasteiger partial charge in [-0.05, 0) is 34.4 Å². The minimum Gasteiger partial charge on any atom is -0.449 e. The van der Waals surface area contributed by atoms with Crippen LogP contribution in [0.2, 0.25) is 0 Å². The van der Waals surface area contributed by atoms with Crippen LogP contribution in [0.5, 0.6) is 0 Å². The summed E-state index contributed by atoms with van der Waals surface area (Å²) in [4.78, 5) is 38.0. The molecule has 34 heavy (non-hydrogen) atoms. The van der Waals surface area contributed by atoms with Gasteiger partial charge in [-0.25, -0.2) is 14.4 Å². The molecule has 0 atom stereocenters. The second-order valence-corrected chi connectivity index (χ2v) is 7.83. The van der Waals surface area contributed by atoms with E-state index in [1.165, 1.54) is 11.1 Å². The van der Waals surface area contributed by atoms with Gasteiger partial charge in [0.1, 0.15) is 6.61 Å². The third kappa shape index (κ3) is 4.09. The number of aromatic nitrogens is 1. The third-order valence-electron chi connectivity index (χ3n) is 5.78. The van der Waals surface area contributed by atoms with Crippen molar-refractivity contribution in [2.45, 2.75) is 12.3 Å². The summed E-state index contributed by atoms with van der Waals surface area (Å²) in [6, 6.07) is 21.3. The summed E-state index contributed by atoms with van der Waals surface area (Å²) in [5, 5.41) is 2.93. The predicted molar refractivity (Wildman–Crippen MR) is 128 cm³/mol. The van der Waals surface area contributed by atoms with Crippen molar-refractivity contribution >= 4 is 17.0 Å². The molecule has 168 valence electrons. The minimum atomic E-state index is -0.810. The highest BCUT2D eigenvalue weighted by Gasteiger charge is 2.28. The Morgan fingerprint density at radius 1 is 0.971 bits per heavy atom. The molecule has 2 N–H and O–H groups in total. The highest BCUT2D eigenvalue weighted by atomic mass is 16.5. The first-order valence-corrected chi connectivity index (χ1v) is 10.9. The molecule has 7 heteroatoms. The maximum absolute atomic E-state index is 12.2. The molecule has 0 radical (unpaired) electrons. The van der Waals surface area contributed by atoms with E-state index in [2.05, 4.69) is 50.8 Å². The van der Waals surface area contributed by atoms with Crippen LogP contribution in [-0.4, -0.2) is 24.2 Å². The number of H-pyrrole nitrogens is 1. The van der Waals surface area contributed by atoms with Crippen LogP contribution in [0.1, 0.15) is 29.0 Å². The number of ether oxygens (including phenoxy) is 1. The molecule has 1 aliphatic carbocycles. The van der Waals surface area contributed by atoms with Gasteiger partial charge in [0, 0.05) is 24.4 Å². The second kappa shape index (κ2) is 9.12. The van der Waals surface area contributed by atoms with Crippen molar-refractivity contribution in [3.8, 4) is 23.0 Å². The largest absolute Gasteiger partial charge is 0.449 e. The standard InChI is InChI=1S/C27H20N2O5/c30-25-24-17(9-7-14-23(24)29-27(32)34-25)8-5-6-15-28-26(31)33-16-22-20-12-3-1-10-18(20)19-11-2-4-13-21(19)22/h1-4,7,9-14,22H,6,15-16H2,(H,28,31)(H,29,32).